The van der Waals surface area contributed by atoms with E-state index in [4.69, 9.17) is 0 Å². The van der Waals surface area contributed by atoms with Crippen LogP contribution in [0.3, 0.4) is 0 Å². The van der Waals surface area contributed by atoms with Crippen molar-refractivity contribution >= 4 is 11.8 Å². The van der Waals surface area contributed by atoms with Crippen LogP contribution in [-0.4, -0.2) is 45.8 Å². The highest BCUT2D eigenvalue weighted by Gasteiger charge is 2.33. The fraction of sp³-hybridized carbons (Fsp3) is 0.667. The van der Waals surface area contributed by atoms with Crippen molar-refractivity contribution < 1.29 is 9.59 Å². The lowest BCUT2D eigenvalue weighted by molar-refractivity contribution is -0.128. The maximum absolute atomic E-state index is 12.5. The Labute approximate surface area is 144 Å². The fourth-order valence-electron chi connectivity index (χ4n) is 2.84. The number of hydrogen-bond donors (Lipinski definition) is 1. The molecule has 1 fully saturated rings. The second kappa shape index (κ2) is 6.87. The third-order valence-electron chi connectivity index (χ3n) is 3.97. The first kappa shape index (κ1) is 18.4. The van der Waals surface area contributed by atoms with Crippen molar-refractivity contribution in [3.05, 3.63) is 23.3 Å². The van der Waals surface area contributed by atoms with Crippen LogP contribution in [0, 0.1) is 12.3 Å². The van der Waals surface area contributed by atoms with Gasteiger partial charge < -0.3 is 10.2 Å². The standard InChI is InChI=1S/C18H28N4O2/c1-11(2)16-19-8-14(12(3)20-16)17(24)21-13-7-15(23)22(9-13)10-18(4,5)6/h8,11,13H,7,9-10H2,1-6H3,(H,21,24). The molecule has 0 saturated carbocycles. The molecular formula is C18H28N4O2. The van der Waals surface area contributed by atoms with Gasteiger partial charge in [-0.25, -0.2) is 9.97 Å². The summed E-state index contributed by atoms with van der Waals surface area (Å²) >= 11 is 0. The first-order valence-corrected chi connectivity index (χ1v) is 8.49. The number of amides is 2. The van der Waals surface area contributed by atoms with E-state index < -0.39 is 0 Å². The molecule has 2 heterocycles. The maximum Gasteiger partial charge on any atom is 0.254 e. The quantitative estimate of drug-likeness (QED) is 0.918. The van der Waals surface area contributed by atoms with Gasteiger partial charge in [0.05, 0.1) is 17.3 Å². The van der Waals surface area contributed by atoms with Gasteiger partial charge in [0.2, 0.25) is 5.91 Å². The Kier molecular flexibility index (Phi) is 5.26. The number of carbonyl (C=O) groups excluding carboxylic acids is 2. The lowest BCUT2D eigenvalue weighted by Crippen LogP contribution is -2.39. The molecule has 1 aromatic heterocycles. The van der Waals surface area contributed by atoms with E-state index >= 15 is 0 Å². The molecule has 1 N–H and O–H groups in total. The molecule has 0 bridgehead atoms. The molecule has 2 rings (SSSR count). The lowest BCUT2D eigenvalue weighted by Gasteiger charge is -2.26. The molecule has 1 aliphatic rings. The number of hydrogen-bond acceptors (Lipinski definition) is 4. The van der Waals surface area contributed by atoms with Crippen molar-refractivity contribution in [2.75, 3.05) is 13.1 Å². The molecule has 6 nitrogen and oxygen atoms in total. The summed E-state index contributed by atoms with van der Waals surface area (Å²) in [6.07, 6.45) is 1.93. The molecule has 1 unspecified atom stereocenters. The largest absolute Gasteiger partial charge is 0.347 e. The minimum atomic E-state index is -0.210. The van der Waals surface area contributed by atoms with Gasteiger partial charge in [-0.1, -0.05) is 34.6 Å². The van der Waals surface area contributed by atoms with Crippen molar-refractivity contribution in [2.24, 2.45) is 5.41 Å². The van der Waals surface area contributed by atoms with Crippen molar-refractivity contribution in [1.29, 1.82) is 0 Å². The summed E-state index contributed by atoms with van der Waals surface area (Å²) in [7, 11) is 0. The van der Waals surface area contributed by atoms with E-state index in [1.165, 1.54) is 0 Å². The van der Waals surface area contributed by atoms with Crippen molar-refractivity contribution in [3.63, 3.8) is 0 Å². The summed E-state index contributed by atoms with van der Waals surface area (Å²) in [4.78, 5) is 35.1. The van der Waals surface area contributed by atoms with Crippen molar-refractivity contribution in [2.45, 2.75) is 59.9 Å². The van der Waals surface area contributed by atoms with Crippen LogP contribution in [0.15, 0.2) is 6.20 Å². The first-order chi connectivity index (χ1) is 11.1. The Hall–Kier alpha value is -1.98. The Morgan fingerprint density at radius 3 is 2.62 bits per heavy atom. The van der Waals surface area contributed by atoms with Gasteiger partial charge >= 0.3 is 0 Å². The molecule has 1 saturated heterocycles. The lowest BCUT2D eigenvalue weighted by atomic mass is 9.96. The third kappa shape index (κ3) is 4.52. The second-order valence-corrected chi connectivity index (χ2v) is 8.09. The van der Waals surface area contributed by atoms with Gasteiger partial charge in [-0.05, 0) is 12.3 Å². The normalized spacial score (nSPS) is 18.4. The van der Waals surface area contributed by atoms with E-state index in [0.29, 0.717) is 30.8 Å². The van der Waals surface area contributed by atoms with Gasteiger partial charge in [-0.3, -0.25) is 9.59 Å². The predicted molar refractivity (Wildman–Crippen MR) is 92.8 cm³/mol. The van der Waals surface area contributed by atoms with Crippen molar-refractivity contribution in [3.8, 4) is 0 Å². The SMILES string of the molecule is Cc1nc(C(C)C)ncc1C(=O)NC1CC(=O)N(CC(C)(C)C)C1. The molecule has 132 valence electrons. The molecule has 0 spiro atoms. The second-order valence-electron chi connectivity index (χ2n) is 8.09. The number of nitrogens with zero attached hydrogens (tertiary/aromatic N) is 3. The summed E-state index contributed by atoms with van der Waals surface area (Å²) in [6.45, 7) is 13.4. The molecule has 1 aromatic rings. The van der Waals surface area contributed by atoms with E-state index in [-0.39, 0.29) is 29.2 Å². The third-order valence-corrected chi connectivity index (χ3v) is 3.97. The summed E-state index contributed by atoms with van der Waals surface area (Å²) in [5.41, 5.74) is 1.19. The first-order valence-electron chi connectivity index (χ1n) is 8.49. The topological polar surface area (TPSA) is 75.2 Å². The van der Waals surface area contributed by atoms with Crippen LogP contribution < -0.4 is 5.32 Å². The van der Waals surface area contributed by atoms with Gasteiger partial charge in [0.15, 0.2) is 0 Å². The monoisotopic (exact) mass is 332 g/mol. The number of nitrogens with one attached hydrogen (secondary N) is 1. The Morgan fingerprint density at radius 1 is 1.42 bits per heavy atom. The van der Waals surface area contributed by atoms with Crippen LogP contribution in [-0.2, 0) is 4.79 Å². The van der Waals surface area contributed by atoms with Crippen molar-refractivity contribution in [1.82, 2.24) is 20.2 Å². The fourth-order valence-corrected chi connectivity index (χ4v) is 2.84. The summed E-state index contributed by atoms with van der Waals surface area (Å²) < 4.78 is 0. The number of aryl methyl sites for hydroxylation is 1. The smallest absolute Gasteiger partial charge is 0.254 e. The van der Waals surface area contributed by atoms with Crippen LogP contribution in [0.1, 0.15) is 68.8 Å². The minimum absolute atomic E-state index is 0.0473. The Morgan fingerprint density at radius 2 is 2.08 bits per heavy atom. The van der Waals surface area contributed by atoms with E-state index in [1.807, 2.05) is 25.7 Å². The molecule has 24 heavy (non-hydrogen) atoms. The van der Waals surface area contributed by atoms with Gasteiger partial charge in [0.1, 0.15) is 5.82 Å². The highest BCUT2D eigenvalue weighted by atomic mass is 16.2. The number of aromatic nitrogens is 2. The van der Waals surface area contributed by atoms with Gasteiger partial charge in [-0.15, -0.1) is 0 Å². The van der Waals surface area contributed by atoms with Gasteiger partial charge in [0.25, 0.3) is 5.91 Å². The zero-order valence-corrected chi connectivity index (χ0v) is 15.5. The average Bonchev–Trinajstić information content (AvgIpc) is 2.76. The van der Waals surface area contributed by atoms with Crippen LogP contribution in [0.4, 0.5) is 0 Å². The summed E-state index contributed by atoms with van der Waals surface area (Å²) in [5.74, 6) is 0.840. The molecule has 6 heteroatoms. The molecule has 1 aliphatic heterocycles. The Bertz CT molecular complexity index is 634. The van der Waals surface area contributed by atoms with Crippen LogP contribution >= 0.6 is 0 Å². The molecule has 2 amide bonds. The molecular weight excluding hydrogens is 304 g/mol. The van der Waals surface area contributed by atoms with Crippen LogP contribution in [0.5, 0.6) is 0 Å². The predicted octanol–water partition coefficient (Wildman–Crippen LogP) is 2.29. The highest BCUT2D eigenvalue weighted by molar-refractivity contribution is 5.95. The maximum atomic E-state index is 12.5. The van der Waals surface area contributed by atoms with E-state index in [2.05, 4.69) is 36.1 Å². The van der Waals surface area contributed by atoms with E-state index in [9.17, 15) is 9.59 Å². The van der Waals surface area contributed by atoms with Gasteiger partial charge in [-0.2, -0.15) is 0 Å². The zero-order chi connectivity index (χ0) is 18.1. The van der Waals surface area contributed by atoms with Gasteiger partial charge in [0, 0.05) is 31.6 Å². The summed E-state index contributed by atoms with van der Waals surface area (Å²) in [5, 5.41) is 2.95. The molecule has 0 radical (unpaired) electrons. The van der Waals surface area contributed by atoms with Crippen LogP contribution in [0.2, 0.25) is 0 Å². The molecule has 0 aromatic carbocycles. The number of carbonyl (C=O) groups is 2. The average molecular weight is 332 g/mol. The van der Waals surface area contributed by atoms with E-state index in [0.717, 1.165) is 5.82 Å². The molecule has 0 aliphatic carbocycles. The summed E-state index contributed by atoms with van der Waals surface area (Å²) in [6, 6.07) is -0.156. The Balaban J connectivity index is 2.02. The molecule has 1 atom stereocenters. The highest BCUT2D eigenvalue weighted by Crippen LogP contribution is 2.20. The van der Waals surface area contributed by atoms with E-state index in [1.54, 1.807) is 6.20 Å². The zero-order valence-electron chi connectivity index (χ0n) is 15.5. The minimum Gasteiger partial charge on any atom is -0.347 e. The number of rotatable bonds is 4. The number of likely N-dealkylation sites (tertiary alicyclic amines) is 1. The van der Waals surface area contributed by atoms with Crippen LogP contribution in [0.25, 0.3) is 0 Å².